The number of aliphatic hydroxyl groups excluding tert-OH is 5. The normalized spacial score (nSPS) is 22.2. The molecule has 0 saturated heterocycles. The Labute approximate surface area is 368 Å². The number of rotatable bonds is 40. The topological polar surface area (TPSA) is 210 Å². The SMILES string of the molecule is CCCCCCCC/C=C/C/C=C/CCCCC(=O)OC[C@H](COP(=O)(O)OC1C(O)C(O)C(O)[C@H](O)C1O)OC(=O)CCCCCCCCCCCCCCCCCCC. The first-order valence-corrected chi connectivity index (χ1v) is 25.6. The molecule has 0 amide bonds. The zero-order valence-corrected chi connectivity index (χ0v) is 38.9. The van der Waals surface area contributed by atoms with Crippen LogP contribution in [0.3, 0.4) is 0 Å². The number of hydrogen-bond donors (Lipinski definition) is 6. The number of esters is 2. The van der Waals surface area contributed by atoms with Crippen LogP contribution in [0.25, 0.3) is 0 Å². The largest absolute Gasteiger partial charge is 0.472 e. The van der Waals surface area contributed by atoms with Gasteiger partial charge < -0.3 is 39.9 Å². The minimum atomic E-state index is -5.12. The van der Waals surface area contributed by atoms with Crippen LogP contribution in [-0.2, 0) is 32.7 Å². The fraction of sp³-hybridized carbons (Fsp3) is 0.872. The van der Waals surface area contributed by atoms with E-state index in [4.69, 9.17) is 18.5 Å². The highest BCUT2D eigenvalue weighted by atomic mass is 31.2. The van der Waals surface area contributed by atoms with Crippen molar-refractivity contribution in [2.45, 2.75) is 249 Å². The van der Waals surface area contributed by atoms with Crippen molar-refractivity contribution in [1.29, 1.82) is 0 Å². The van der Waals surface area contributed by atoms with Gasteiger partial charge >= 0.3 is 19.8 Å². The number of phosphoric acid groups is 1. The summed E-state index contributed by atoms with van der Waals surface area (Å²) < 4.78 is 33.5. The average molecular weight is 891 g/mol. The first kappa shape index (κ1) is 57.3. The average Bonchev–Trinajstić information content (AvgIpc) is 3.24. The molecule has 14 heteroatoms. The van der Waals surface area contributed by atoms with Gasteiger partial charge in [0.15, 0.2) is 6.10 Å². The molecule has 8 atom stereocenters. The van der Waals surface area contributed by atoms with Crippen LogP contribution in [0, 0.1) is 0 Å². The van der Waals surface area contributed by atoms with Crippen molar-refractivity contribution < 1.29 is 63.1 Å². The molecule has 0 heterocycles. The monoisotopic (exact) mass is 891 g/mol. The summed E-state index contributed by atoms with van der Waals surface area (Å²) in [5.41, 5.74) is 0. The van der Waals surface area contributed by atoms with Crippen LogP contribution >= 0.6 is 7.82 Å². The summed E-state index contributed by atoms with van der Waals surface area (Å²) in [7, 11) is -5.12. The van der Waals surface area contributed by atoms with Crippen LogP contribution in [0.15, 0.2) is 24.3 Å². The molecule has 6 unspecified atom stereocenters. The molecule has 0 aromatic heterocycles. The smallest absolute Gasteiger partial charge is 0.462 e. The fourth-order valence-electron chi connectivity index (χ4n) is 7.38. The highest BCUT2D eigenvalue weighted by Gasteiger charge is 2.51. The van der Waals surface area contributed by atoms with Crippen LogP contribution in [0.1, 0.15) is 206 Å². The van der Waals surface area contributed by atoms with Crippen molar-refractivity contribution in [1.82, 2.24) is 0 Å². The molecular formula is C47H87O13P. The summed E-state index contributed by atoms with van der Waals surface area (Å²) in [6.45, 7) is 3.28. The number of hydrogen-bond acceptors (Lipinski definition) is 12. The summed E-state index contributed by atoms with van der Waals surface area (Å²) in [5.74, 6) is -1.13. The Morgan fingerprint density at radius 2 is 0.885 bits per heavy atom. The van der Waals surface area contributed by atoms with Crippen LogP contribution in [-0.4, -0.2) is 98.3 Å². The van der Waals surface area contributed by atoms with Gasteiger partial charge in [-0.25, -0.2) is 4.57 Å². The van der Waals surface area contributed by atoms with Gasteiger partial charge in [0.1, 0.15) is 43.2 Å². The number of carbonyl (C=O) groups is 2. The first-order chi connectivity index (χ1) is 29.4. The van der Waals surface area contributed by atoms with E-state index in [0.29, 0.717) is 12.8 Å². The van der Waals surface area contributed by atoms with Gasteiger partial charge in [-0.15, -0.1) is 0 Å². The number of phosphoric ester groups is 1. The van der Waals surface area contributed by atoms with Gasteiger partial charge in [0.25, 0.3) is 0 Å². The molecule has 358 valence electrons. The van der Waals surface area contributed by atoms with Crippen LogP contribution in [0.5, 0.6) is 0 Å². The maximum Gasteiger partial charge on any atom is 0.472 e. The number of carbonyl (C=O) groups excluding carboxylic acids is 2. The zero-order chi connectivity index (χ0) is 45.0. The van der Waals surface area contributed by atoms with Crippen LogP contribution < -0.4 is 0 Å². The molecule has 0 aromatic rings. The molecule has 0 spiro atoms. The third-order valence-corrected chi connectivity index (χ3v) is 12.3. The van der Waals surface area contributed by atoms with Gasteiger partial charge in [0.05, 0.1) is 6.61 Å². The molecule has 1 saturated carbocycles. The maximum absolute atomic E-state index is 12.8. The van der Waals surface area contributed by atoms with Crippen molar-refractivity contribution in [3.05, 3.63) is 24.3 Å². The summed E-state index contributed by atoms with van der Waals surface area (Å²) in [6, 6.07) is 0. The Balaban J connectivity index is 2.45. The number of unbranched alkanes of at least 4 members (excludes halogenated alkanes) is 24. The molecule has 1 rings (SSSR count). The summed E-state index contributed by atoms with van der Waals surface area (Å²) in [4.78, 5) is 35.7. The summed E-state index contributed by atoms with van der Waals surface area (Å²) in [6.07, 6.45) is 28.0. The van der Waals surface area contributed by atoms with Crippen molar-refractivity contribution in [3.63, 3.8) is 0 Å². The maximum atomic E-state index is 12.8. The van der Waals surface area contributed by atoms with Crippen molar-refractivity contribution in [2.24, 2.45) is 0 Å². The molecule has 0 radical (unpaired) electrons. The molecule has 0 aliphatic heterocycles. The lowest BCUT2D eigenvalue weighted by Gasteiger charge is -2.41. The van der Waals surface area contributed by atoms with E-state index in [1.165, 1.54) is 116 Å². The van der Waals surface area contributed by atoms with Gasteiger partial charge in [-0.1, -0.05) is 173 Å². The second kappa shape index (κ2) is 37.7. The molecule has 1 aliphatic rings. The zero-order valence-electron chi connectivity index (χ0n) is 38.0. The standard InChI is InChI=1S/C47H87O13P/c1-3-5-7-9-11-13-15-17-19-20-22-24-26-28-30-32-34-36-41(49)59-39(38-58-61(55,56)60-47-45(53)43(51)42(50)44(52)46(47)54)37-57-40(48)35-33-31-29-27-25-23-21-18-16-14-12-10-8-6-4-2/h18,21,25,27,39,42-47,50-54H,3-17,19-20,22-24,26,28-38H2,1-2H3,(H,55,56)/b21-18+,27-25+/t39-,42?,43+,44?,45?,46?,47?/m1/s1. The van der Waals surface area contributed by atoms with Gasteiger partial charge in [-0.2, -0.15) is 0 Å². The highest BCUT2D eigenvalue weighted by Crippen LogP contribution is 2.47. The quantitative estimate of drug-likeness (QED) is 0.0147. The van der Waals surface area contributed by atoms with Crippen molar-refractivity contribution in [2.75, 3.05) is 13.2 Å². The Bertz CT molecular complexity index is 1170. The van der Waals surface area contributed by atoms with E-state index in [1.54, 1.807) is 0 Å². The minimum Gasteiger partial charge on any atom is -0.462 e. The number of ether oxygens (including phenoxy) is 2. The Morgan fingerprint density at radius 1 is 0.508 bits per heavy atom. The Morgan fingerprint density at radius 3 is 1.36 bits per heavy atom. The lowest BCUT2D eigenvalue weighted by atomic mass is 9.85. The molecule has 0 aromatic carbocycles. The van der Waals surface area contributed by atoms with E-state index < -0.39 is 75.7 Å². The number of allylic oxidation sites excluding steroid dienone is 4. The van der Waals surface area contributed by atoms with Crippen LogP contribution in [0.2, 0.25) is 0 Å². The third-order valence-electron chi connectivity index (χ3n) is 11.3. The molecule has 6 N–H and O–H groups in total. The van der Waals surface area contributed by atoms with Gasteiger partial charge in [-0.3, -0.25) is 18.6 Å². The second-order valence-corrected chi connectivity index (χ2v) is 18.4. The minimum absolute atomic E-state index is 0.0946. The highest BCUT2D eigenvalue weighted by molar-refractivity contribution is 7.47. The van der Waals surface area contributed by atoms with Crippen LogP contribution in [0.4, 0.5) is 0 Å². The van der Waals surface area contributed by atoms with E-state index in [0.717, 1.165) is 51.4 Å². The Kier molecular flexibility index (Phi) is 35.4. The van der Waals surface area contributed by atoms with Crippen molar-refractivity contribution in [3.8, 4) is 0 Å². The van der Waals surface area contributed by atoms with Gasteiger partial charge in [0.2, 0.25) is 0 Å². The molecular weight excluding hydrogens is 803 g/mol. The molecule has 1 fully saturated rings. The summed E-state index contributed by atoms with van der Waals surface area (Å²) in [5, 5.41) is 50.2. The van der Waals surface area contributed by atoms with Gasteiger partial charge in [-0.05, 0) is 44.9 Å². The molecule has 1 aliphatic carbocycles. The van der Waals surface area contributed by atoms with E-state index in [9.17, 15) is 44.6 Å². The lowest BCUT2D eigenvalue weighted by molar-refractivity contribution is -0.220. The molecule has 61 heavy (non-hydrogen) atoms. The van der Waals surface area contributed by atoms with E-state index in [1.807, 2.05) is 0 Å². The first-order valence-electron chi connectivity index (χ1n) is 24.1. The lowest BCUT2D eigenvalue weighted by Crippen LogP contribution is -2.64. The predicted octanol–water partition coefficient (Wildman–Crippen LogP) is 9.62. The third kappa shape index (κ3) is 30.2. The second-order valence-electron chi connectivity index (χ2n) is 17.0. The summed E-state index contributed by atoms with van der Waals surface area (Å²) >= 11 is 0. The molecule has 13 nitrogen and oxygen atoms in total. The fourth-order valence-corrected chi connectivity index (χ4v) is 8.35. The predicted molar refractivity (Wildman–Crippen MR) is 240 cm³/mol. The van der Waals surface area contributed by atoms with Gasteiger partial charge in [0, 0.05) is 12.8 Å². The van der Waals surface area contributed by atoms with E-state index >= 15 is 0 Å². The van der Waals surface area contributed by atoms with Crippen molar-refractivity contribution >= 4 is 19.8 Å². The Hall–Kier alpha value is -1.67. The number of aliphatic hydroxyl groups is 5. The van der Waals surface area contributed by atoms with E-state index in [-0.39, 0.29) is 12.8 Å². The van der Waals surface area contributed by atoms with E-state index in [2.05, 4.69) is 38.2 Å². The molecule has 0 bridgehead atoms.